The summed E-state index contributed by atoms with van der Waals surface area (Å²) in [4.78, 5) is 4.93. The largest absolute Gasteiger partial charge is 0.310 e. The second-order valence-electron chi connectivity index (χ2n) is 19.5. The second-order valence-corrected chi connectivity index (χ2v) is 20.6. The van der Waals surface area contributed by atoms with Gasteiger partial charge in [-0.15, -0.1) is 11.3 Å². The van der Waals surface area contributed by atoms with Crippen LogP contribution in [-0.4, -0.2) is 0 Å². The molecule has 75 heavy (non-hydrogen) atoms. The number of hydrogen-bond donors (Lipinski definition) is 0. The van der Waals surface area contributed by atoms with Gasteiger partial charge in [0.25, 0.3) is 0 Å². The average molecular weight is 971 g/mol. The molecule has 350 valence electrons. The first-order chi connectivity index (χ1) is 37.2. The molecule has 1 aliphatic rings. The Morgan fingerprint density at radius 1 is 0.253 bits per heavy atom. The molecule has 0 N–H and O–H groups in total. The van der Waals surface area contributed by atoms with Gasteiger partial charge in [0, 0.05) is 53.9 Å². The van der Waals surface area contributed by atoms with Crippen molar-refractivity contribution in [2.24, 2.45) is 0 Å². The van der Waals surface area contributed by atoms with Gasteiger partial charge in [-0.2, -0.15) is 0 Å². The van der Waals surface area contributed by atoms with E-state index in [4.69, 9.17) is 0 Å². The zero-order chi connectivity index (χ0) is 49.4. The molecular weight excluding hydrogens is 925 g/mol. The predicted octanol–water partition coefficient (Wildman–Crippen LogP) is 21.2. The van der Waals surface area contributed by atoms with Gasteiger partial charge >= 0.3 is 0 Å². The van der Waals surface area contributed by atoms with Crippen LogP contribution in [0.25, 0.3) is 107 Å². The summed E-state index contributed by atoms with van der Waals surface area (Å²) < 4.78 is 2.57. The first kappa shape index (κ1) is 43.1. The van der Waals surface area contributed by atoms with Gasteiger partial charge < -0.3 is 9.80 Å². The Balaban J connectivity index is 1.09. The number of anilines is 6. The number of benzene rings is 12. The summed E-state index contributed by atoms with van der Waals surface area (Å²) in [6.07, 6.45) is 0. The minimum absolute atomic E-state index is 1.07. The maximum absolute atomic E-state index is 2.50. The predicted molar refractivity (Wildman–Crippen MR) is 324 cm³/mol. The minimum Gasteiger partial charge on any atom is -0.310 e. The normalized spacial score (nSPS) is 12.0. The van der Waals surface area contributed by atoms with E-state index in [-0.39, 0.29) is 0 Å². The molecule has 2 nitrogen and oxygen atoms in total. The number of nitrogens with zero attached hydrogens (tertiary/aromatic N) is 2. The van der Waals surface area contributed by atoms with Crippen LogP contribution in [0.2, 0.25) is 0 Å². The van der Waals surface area contributed by atoms with Gasteiger partial charge in [-0.3, -0.25) is 0 Å². The molecule has 0 radical (unpaired) electrons. The van der Waals surface area contributed by atoms with Crippen LogP contribution in [0.3, 0.4) is 0 Å². The number of rotatable bonds is 5. The van der Waals surface area contributed by atoms with Gasteiger partial charge in [-0.25, -0.2) is 0 Å². The highest BCUT2D eigenvalue weighted by molar-refractivity contribution is 7.25. The Hall–Kier alpha value is -9.54. The summed E-state index contributed by atoms with van der Waals surface area (Å²) in [5, 5.41) is 14.7. The first-order valence-electron chi connectivity index (χ1n) is 25.7. The SMILES string of the molecule is c1ccc(-c2ccccc2N(c2ccc3c(c2)-c2ccccc2N(c2ccccc2)c2ccccc2-3)c2ccc3c4ccccc4c4ccccc4c4ccccc4c4cc5c(cc4c3c2)sc2ccccc25)cc1. The molecule has 0 saturated heterocycles. The summed E-state index contributed by atoms with van der Waals surface area (Å²) in [6, 6.07) is 103. The zero-order valence-electron chi connectivity index (χ0n) is 40.9. The molecule has 0 atom stereocenters. The van der Waals surface area contributed by atoms with E-state index in [1.54, 1.807) is 0 Å². The highest BCUT2D eigenvalue weighted by Crippen LogP contribution is 2.53. The Morgan fingerprint density at radius 2 is 0.707 bits per heavy atom. The highest BCUT2D eigenvalue weighted by atomic mass is 32.1. The van der Waals surface area contributed by atoms with Gasteiger partial charge in [0.1, 0.15) is 0 Å². The Morgan fingerprint density at radius 3 is 1.36 bits per heavy atom. The fraction of sp³-hybridized carbons (Fsp3) is 0. The zero-order valence-corrected chi connectivity index (χ0v) is 41.7. The van der Waals surface area contributed by atoms with E-state index < -0.39 is 0 Å². The van der Waals surface area contributed by atoms with Gasteiger partial charge in [0.15, 0.2) is 0 Å². The van der Waals surface area contributed by atoms with Crippen LogP contribution in [0, 0.1) is 0 Å². The van der Waals surface area contributed by atoms with Crippen LogP contribution in [0.5, 0.6) is 0 Å². The third-order valence-electron chi connectivity index (χ3n) is 15.4. The van der Waals surface area contributed by atoms with E-state index in [9.17, 15) is 0 Å². The average Bonchev–Trinajstić information content (AvgIpc) is 3.82. The molecule has 0 aliphatic carbocycles. The molecule has 0 unspecified atom stereocenters. The topological polar surface area (TPSA) is 6.48 Å². The molecule has 15 rings (SSSR count). The third-order valence-corrected chi connectivity index (χ3v) is 16.5. The summed E-state index contributed by atoms with van der Waals surface area (Å²) in [6.45, 7) is 0. The summed E-state index contributed by atoms with van der Waals surface area (Å²) >= 11 is 1.88. The number of fused-ring (bicyclic) bond motifs is 18. The molecule has 0 fully saturated rings. The van der Waals surface area contributed by atoms with Gasteiger partial charge in [0.05, 0.1) is 17.1 Å². The lowest BCUT2D eigenvalue weighted by atomic mass is 9.92. The molecule has 3 heteroatoms. The lowest BCUT2D eigenvalue weighted by molar-refractivity contribution is 1.29. The highest BCUT2D eigenvalue weighted by Gasteiger charge is 2.28. The Labute approximate surface area is 439 Å². The van der Waals surface area contributed by atoms with Crippen molar-refractivity contribution >= 4 is 119 Å². The van der Waals surface area contributed by atoms with Crippen molar-refractivity contribution in [3.8, 4) is 33.4 Å². The van der Waals surface area contributed by atoms with Crippen molar-refractivity contribution in [1.29, 1.82) is 0 Å². The molecular formula is C72H46N2S. The Bertz CT molecular complexity index is 4670. The maximum Gasteiger partial charge on any atom is 0.0540 e. The summed E-state index contributed by atoms with van der Waals surface area (Å²) in [5.74, 6) is 0. The van der Waals surface area contributed by atoms with Crippen molar-refractivity contribution < 1.29 is 0 Å². The molecule has 0 amide bonds. The minimum atomic E-state index is 1.07. The Kier molecular flexibility index (Phi) is 10.1. The lowest BCUT2D eigenvalue weighted by Crippen LogP contribution is -2.11. The van der Waals surface area contributed by atoms with E-state index in [2.05, 4.69) is 289 Å². The van der Waals surface area contributed by atoms with Crippen LogP contribution >= 0.6 is 11.3 Å². The number of thiophene rings is 1. The van der Waals surface area contributed by atoms with Crippen molar-refractivity contribution in [3.63, 3.8) is 0 Å². The van der Waals surface area contributed by atoms with Crippen LogP contribution in [0.1, 0.15) is 0 Å². The van der Waals surface area contributed by atoms with Crippen molar-refractivity contribution in [1.82, 2.24) is 0 Å². The van der Waals surface area contributed by atoms with Gasteiger partial charge in [-0.05, 0) is 143 Å². The van der Waals surface area contributed by atoms with Gasteiger partial charge in [-0.1, -0.05) is 206 Å². The number of hydrogen-bond acceptors (Lipinski definition) is 3. The van der Waals surface area contributed by atoms with Crippen LogP contribution in [0.4, 0.5) is 34.1 Å². The third kappa shape index (κ3) is 7.01. The molecule has 0 saturated carbocycles. The van der Waals surface area contributed by atoms with Crippen LogP contribution in [0.15, 0.2) is 279 Å². The first-order valence-corrected chi connectivity index (χ1v) is 26.6. The quantitative estimate of drug-likeness (QED) is 0.170. The van der Waals surface area contributed by atoms with E-state index >= 15 is 0 Å². The molecule has 13 aromatic carbocycles. The number of para-hydroxylation sites is 4. The second kappa shape index (κ2) is 17.6. The molecule has 1 aliphatic heterocycles. The molecule has 2 heterocycles. The monoisotopic (exact) mass is 970 g/mol. The lowest BCUT2D eigenvalue weighted by Gasteiger charge is -2.29. The molecule has 0 bridgehead atoms. The summed E-state index contributed by atoms with van der Waals surface area (Å²) in [7, 11) is 0. The molecule has 0 spiro atoms. The molecule has 1 aromatic heterocycles. The fourth-order valence-corrected chi connectivity index (χ4v) is 13.2. The van der Waals surface area contributed by atoms with Crippen molar-refractivity contribution in [3.05, 3.63) is 279 Å². The van der Waals surface area contributed by atoms with E-state index in [0.29, 0.717) is 0 Å². The van der Waals surface area contributed by atoms with Crippen LogP contribution < -0.4 is 9.80 Å². The summed E-state index contributed by atoms with van der Waals surface area (Å²) in [5.41, 5.74) is 13.7. The van der Waals surface area contributed by atoms with Crippen molar-refractivity contribution in [2.75, 3.05) is 9.80 Å². The van der Waals surface area contributed by atoms with E-state index in [1.807, 2.05) is 11.3 Å². The smallest absolute Gasteiger partial charge is 0.0540 e. The van der Waals surface area contributed by atoms with E-state index in [1.165, 1.54) is 96.3 Å². The van der Waals surface area contributed by atoms with Crippen LogP contribution in [-0.2, 0) is 0 Å². The standard InChI is InChI=1S/C72H46N2S/c1-3-21-47(22-4-1)51-25-13-17-35-68(51)73(49-40-42-59-60-32-14-18-36-69(60)74(48-23-5-2-6-24-48)70-37-19-15-33-61(70)63(59)43-49)50-39-41-58-56-30-10-9-28-54(56)52-26-7-8-27-53(52)55-29-11-12-31-57(55)65-45-67-62-34-16-20-38-71(62)75-72(67)46-66(65)64(58)44-50/h1-46H. The fourth-order valence-electron chi connectivity index (χ4n) is 12.1. The molecule has 14 aromatic rings. The van der Waals surface area contributed by atoms with Gasteiger partial charge in [0.2, 0.25) is 0 Å². The van der Waals surface area contributed by atoms with Crippen molar-refractivity contribution in [2.45, 2.75) is 0 Å². The van der Waals surface area contributed by atoms with E-state index in [0.717, 1.165) is 45.3 Å². The maximum atomic E-state index is 2.50.